The molecule has 0 aliphatic heterocycles. The summed E-state index contributed by atoms with van der Waals surface area (Å²) in [5, 5.41) is 23.7. The summed E-state index contributed by atoms with van der Waals surface area (Å²) in [5.74, 6) is -2.12. The smallest absolute Gasteiger partial charge is 0.407 e. The summed E-state index contributed by atoms with van der Waals surface area (Å²) >= 11 is 0. The Morgan fingerprint density at radius 2 is 1.71 bits per heavy atom. The number of carbonyl (C=O) groups excluding carboxylic acids is 2. The minimum Gasteiger partial charge on any atom is -0.481 e. The molecule has 3 N–H and O–H groups in total. The van der Waals surface area contributed by atoms with E-state index in [0.717, 1.165) is 28.7 Å². The highest BCUT2D eigenvalue weighted by atomic mass is 16.5. The molecule has 0 radical (unpaired) electrons. The van der Waals surface area contributed by atoms with Crippen molar-refractivity contribution in [1.29, 1.82) is 5.26 Å². The molecule has 0 spiro atoms. The van der Waals surface area contributed by atoms with Crippen molar-refractivity contribution in [1.82, 2.24) is 10.6 Å². The van der Waals surface area contributed by atoms with E-state index in [1.807, 2.05) is 42.5 Å². The van der Waals surface area contributed by atoms with Gasteiger partial charge in [0.15, 0.2) is 0 Å². The second-order valence-electron chi connectivity index (χ2n) is 9.06. The van der Waals surface area contributed by atoms with Gasteiger partial charge in [0.25, 0.3) is 0 Å². The van der Waals surface area contributed by atoms with Crippen molar-refractivity contribution in [3.63, 3.8) is 0 Å². The lowest BCUT2D eigenvalue weighted by Crippen LogP contribution is -2.51. The SMILES string of the molecule is N#CCCCC(NC(=O)OCC1c2ccccc2-c2ccccc21)C(=O)NC1CCCC1C(=O)O. The average molecular weight is 476 g/mol. The molecule has 3 unspecified atom stereocenters. The molecule has 182 valence electrons. The Bertz CT molecular complexity index is 1100. The number of alkyl carbamates (subject to hydrolysis) is 1. The van der Waals surface area contributed by atoms with E-state index >= 15 is 0 Å². The predicted octanol–water partition coefficient (Wildman–Crippen LogP) is 3.96. The van der Waals surface area contributed by atoms with Gasteiger partial charge in [-0.3, -0.25) is 9.59 Å². The largest absolute Gasteiger partial charge is 0.481 e. The zero-order valence-electron chi connectivity index (χ0n) is 19.4. The quantitative estimate of drug-likeness (QED) is 0.471. The predicted molar refractivity (Wildman–Crippen MR) is 128 cm³/mol. The van der Waals surface area contributed by atoms with E-state index in [0.29, 0.717) is 19.3 Å². The number of carboxylic acid groups (broad SMARTS) is 1. The zero-order valence-corrected chi connectivity index (χ0v) is 19.4. The average Bonchev–Trinajstić information content (AvgIpc) is 3.45. The van der Waals surface area contributed by atoms with Crippen LogP contribution in [0.25, 0.3) is 11.1 Å². The van der Waals surface area contributed by atoms with Gasteiger partial charge in [0.05, 0.1) is 12.0 Å². The van der Waals surface area contributed by atoms with Crippen molar-refractivity contribution in [3.05, 3.63) is 59.7 Å². The number of carboxylic acids is 1. The molecule has 0 aromatic heterocycles. The van der Waals surface area contributed by atoms with Crippen LogP contribution in [0.15, 0.2) is 48.5 Å². The van der Waals surface area contributed by atoms with Crippen LogP contribution in [-0.4, -0.2) is 41.8 Å². The normalized spacial score (nSPS) is 19.2. The van der Waals surface area contributed by atoms with Gasteiger partial charge in [-0.25, -0.2) is 4.79 Å². The molecular formula is C27H29N3O5. The van der Waals surface area contributed by atoms with Crippen LogP contribution >= 0.6 is 0 Å². The Kier molecular flexibility index (Phi) is 7.66. The number of hydrogen-bond acceptors (Lipinski definition) is 5. The maximum atomic E-state index is 12.9. The third-order valence-corrected chi connectivity index (χ3v) is 6.89. The Morgan fingerprint density at radius 3 is 2.34 bits per heavy atom. The Morgan fingerprint density at radius 1 is 1.06 bits per heavy atom. The van der Waals surface area contributed by atoms with Crippen molar-refractivity contribution < 1.29 is 24.2 Å². The molecule has 35 heavy (non-hydrogen) atoms. The summed E-state index contributed by atoms with van der Waals surface area (Å²) in [4.78, 5) is 37.1. The number of nitrogens with zero attached hydrogens (tertiary/aromatic N) is 1. The van der Waals surface area contributed by atoms with Gasteiger partial charge in [0, 0.05) is 18.4 Å². The molecule has 8 heteroatoms. The number of hydrogen-bond donors (Lipinski definition) is 3. The van der Waals surface area contributed by atoms with Gasteiger partial charge in [0.2, 0.25) is 5.91 Å². The lowest BCUT2D eigenvalue weighted by molar-refractivity contribution is -0.142. The molecule has 2 aliphatic rings. The third kappa shape index (κ3) is 5.46. The van der Waals surface area contributed by atoms with Gasteiger partial charge in [-0.15, -0.1) is 0 Å². The van der Waals surface area contributed by atoms with Crippen LogP contribution in [0, 0.1) is 17.2 Å². The summed E-state index contributed by atoms with van der Waals surface area (Å²) < 4.78 is 5.57. The van der Waals surface area contributed by atoms with Crippen molar-refractivity contribution in [2.45, 2.75) is 56.5 Å². The highest BCUT2D eigenvalue weighted by molar-refractivity contribution is 5.86. The Hall–Kier alpha value is -3.86. The summed E-state index contributed by atoms with van der Waals surface area (Å²) in [6.07, 6.45) is 2.03. The molecule has 2 aromatic rings. The molecule has 1 fully saturated rings. The van der Waals surface area contributed by atoms with Crippen molar-refractivity contribution >= 4 is 18.0 Å². The molecule has 8 nitrogen and oxygen atoms in total. The maximum Gasteiger partial charge on any atom is 0.407 e. The van der Waals surface area contributed by atoms with E-state index in [9.17, 15) is 19.5 Å². The van der Waals surface area contributed by atoms with Crippen LogP contribution in [-0.2, 0) is 14.3 Å². The van der Waals surface area contributed by atoms with Crippen LogP contribution < -0.4 is 10.6 Å². The van der Waals surface area contributed by atoms with E-state index in [1.165, 1.54) is 0 Å². The number of nitriles is 1. The number of carbonyl (C=O) groups is 3. The highest BCUT2D eigenvalue weighted by Gasteiger charge is 2.35. The fourth-order valence-corrected chi connectivity index (χ4v) is 5.15. The first kappa shape index (κ1) is 24.3. The second-order valence-corrected chi connectivity index (χ2v) is 9.06. The zero-order chi connectivity index (χ0) is 24.8. The minimum atomic E-state index is -0.932. The van der Waals surface area contributed by atoms with Crippen LogP contribution in [0.3, 0.4) is 0 Å². The topological polar surface area (TPSA) is 129 Å². The number of ether oxygens (including phenoxy) is 1. The van der Waals surface area contributed by atoms with E-state index in [1.54, 1.807) is 0 Å². The van der Waals surface area contributed by atoms with Gasteiger partial charge >= 0.3 is 12.1 Å². The number of fused-ring (bicyclic) bond motifs is 3. The first-order valence-electron chi connectivity index (χ1n) is 12.0. The number of rotatable bonds is 9. The van der Waals surface area contributed by atoms with Gasteiger partial charge in [-0.1, -0.05) is 55.0 Å². The van der Waals surface area contributed by atoms with E-state index < -0.39 is 36.0 Å². The van der Waals surface area contributed by atoms with Gasteiger partial charge in [0.1, 0.15) is 12.6 Å². The van der Waals surface area contributed by atoms with E-state index in [-0.39, 0.29) is 25.4 Å². The van der Waals surface area contributed by atoms with E-state index in [2.05, 4.69) is 22.8 Å². The van der Waals surface area contributed by atoms with Crippen LogP contribution in [0.4, 0.5) is 4.79 Å². The minimum absolute atomic E-state index is 0.103. The first-order chi connectivity index (χ1) is 17.0. The summed E-state index contributed by atoms with van der Waals surface area (Å²) in [5.41, 5.74) is 4.42. The monoisotopic (exact) mass is 475 g/mol. The molecular weight excluding hydrogens is 446 g/mol. The molecule has 3 atom stereocenters. The molecule has 1 saturated carbocycles. The number of benzene rings is 2. The number of unbranched alkanes of at least 4 members (excludes halogenated alkanes) is 1. The molecule has 2 aromatic carbocycles. The lowest BCUT2D eigenvalue weighted by atomic mass is 9.98. The Labute approximate surface area is 204 Å². The molecule has 0 heterocycles. The number of nitrogens with one attached hydrogen (secondary N) is 2. The molecule has 0 bridgehead atoms. The number of aliphatic carboxylic acids is 1. The second kappa shape index (κ2) is 11.0. The molecule has 2 amide bonds. The maximum absolute atomic E-state index is 12.9. The fourth-order valence-electron chi connectivity index (χ4n) is 5.15. The number of amides is 2. The van der Waals surface area contributed by atoms with Crippen molar-refractivity contribution in [2.24, 2.45) is 5.92 Å². The Balaban J connectivity index is 1.40. The lowest BCUT2D eigenvalue weighted by Gasteiger charge is -2.23. The van der Waals surface area contributed by atoms with Crippen molar-refractivity contribution in [3.8, 4) is 17.2 Å². The van der Waals surface area contributed by atoms with E-state index in [4.69, 9.17) is 10.00 Å². The van der Waals surface area contributed by atoms with Crippen LogP contribution in [0.5, 0.6) is 0 Å². The standard InChI is InChI=1S/C27H29N3O5/c28-15-6-5-13-24(25(31)29-23-14-7-12-21(23)26(32)33)30-27(34)35-16-22-19-10-3-1-8-17(19)18-9-2-4-11-20(18)22/h1-4,8-11,21-24H,5-7,12-14,16H2,(H,29,31)(H,30,34)(H,32,33). The third-order valence-electron chi connectivity index (χ3n) is 6.89. The van der Waals surface area contributed by atoms with Crippen LogP contribution in [0.2, 0.25) is 0 Å². The molecule has 4 rings (SSSR count). The van der Waals surface area contributed by atoms with Crippen molar-refractivity contribution in [2.75, 3.05) is 6.61 Å². The van der Waals surface area contributed by atoms with Gasteiger partial charge in [-0.05, 0) is 47.9 Å². The molecule has 0 saturated heterocycles. The van der Waals surface area contributed by atoms with Gasteiger partial charge in [-0.2, -0.15) is 5.26 Å². The fraction of sp³-hybridized carbons (Fsp3) is 0.407. The van der Waals surface area contributed by atoms with Crippen LogP contribution in [0.1, 0.15) is 55.6 Å². The van der Waals surface area contributed by atoms with Gasteiger partial charge < -0.3 is 20.5 Å². The summed E-state index contributed by atoms with van der Waals surface area (Å²) in [6.45, 7) is 0.121. The first-order valence-corrected chi connectivity index (χ1v) is 12.0. The highest BCUT2D eigenvalue weighted by Crippen LogP contribution is 2.44. The molecule has 2 aliphatic carbocycles. The summed E-state index contributed by atoms with van der Waals surface area (Å²) in [7, 11) is 0. The summed E-state index contributed by atoms with van der Waals surface area (Å²) in [6, 6.07) is 16.7.